The number of carboxylic acid groups (broad SMARTS) is 1. The molecule has 1 saturated heterocycles. The third-order valence-corrected chi connectivity index (χ3v) is 7.13. The predicted molar refractivity (Wildman–Crippen MR) is 126 cm³/mol. The van der Waals surface area contributed by atoms with Gasteiger partial charge < -0.3 is 19.9 Å². The summed E-state index contributed by atoms with van der Waals surface area (Å²) in [5.41, 5.74) is 1.37. The van der Waals surface area contributed by atoms with Crippen molar-refractivity contribution in [3.05, 3.63) is 65.2 Å². The summed E-state index contributed by atoms with van der Waals surface area (Å²) >= 11 is 0. The highest BCUT2D eigenvalue weighted by atomic mass is 16.5. The summed E-state index contributed by atoms with van der Waals surface area (Å²) in [7, 11) is 0. The summed E-state index contributed by atoms with van der Waals surface area (Å²) in [5.74, 6) is 0.445. The molecule has 1 aliphatic carbocycles. The van der Waals surface area contributed by atoms with E-state index in [1.165, 1.54) is 25.7 Å². The van der Waals surface area contributed by atoms with Crippen LogP contribution < -0.4 is 10.1 Å². The van der Waals surface area contributed by atoms with E-state index in [-0.39, 0.29) is 17.5 Å². The number of carbonyl (C=O) groups is 2. The van der Waals surface area contributed by atoms with E-state index < -0.39 is 11.4 Å². The first kappa shape index (κ1) is 23.3. The first-order chi connectivity index (χ1) is 16.0. The number of hydrogen-bond donors (Lipinski definition) is 2. The zero-order valence-corrected chi connectivity index (χ0v) is 19.2. The van der Waals surface area contributed by atoms with Gasteiger partial charge in [0.2, 0.25) is 5.91 Å². The van der Waals surface area contributed by atoms with E-state index in [0.29, 0.717) is 32.0 Å². The average molecular weight is 452 g/mol. The van der Waals surface area contributed by atoms with Crippen molar-refractivity contribution in [3.8, 4) is 5.75 Å². The van der Waals surface area contributed by atoms with Gasteiger partial charge in [-0.15, -0.1) is 0 Å². The van der Waals surface area contributed by atoms with E-state index in [0.717, 1.165) is 23.5 Å². The summed E-state index contributed by atoms with van der Waals surface area (Å²) in [6.07, 6.45) is 6.25. The van der Waals surface area contributed by atoms with Crippen LogP contribution in [0.5, 0.6) is 5.75 Å². The van der Waals surface area contributed by atoms with Gasteiger partial charge in [0.05, 0.1) is 23.6 Å². The van der Waals surface area contributed by atoms with Crippen molar-refractivity contribution in [1.82, 2.24) is 5.32 Å². The molecule has 0 radical (unpaired) electrons. The van der Waals surface area contributed by atoms with Gasteiger partial charge in [-0.1, -0.05) is 37.1 Å². The Bertz CT molecular complexity index is 959. The molecule has 2 aliphatic rings. The number of benzene rings is 2. The van der Waals surface area contributed by atoms with Crippen LogP contribution in [0, 0.1) is 5.92 Å². The predicted octanol–water partition coefficient (Wildman–Crippen LogP) is 4.88. The Morgan fingerprint density at radius 2 is 1.82 bits per heavy atom. The van der Waals surface area contributed by atoms with Gasteiger partial charge in [0, 0.05) is 13.2 Å². The zero-order chi connectivity index (χ0) is 23.3. The van der Waals surface area contributed by atoms with E-state index >= 15 is 0 Å². The monoisotopic (exact) mass is 451 g/mol. The maximum Gasteiger partial charge on any atom is 0.335 e. The molecular weight excluding hydrogens is 418 g/mol. The molecule has 1 saturated carbocycles. The molecule has 2 aromatic carbocycles. The zero-order valence-electron chi connectivity index (χ0n) is 19.2. The lowest BCUT2D eigenvalue weighted by molar-refractivity contribution is -0.131. The summed E-state index contributed by atoms with van der Waals surface area (Å²) < 4.78 is 11.7. The van der Waals surface area contributed by atoms with E-state index in [2.05, 4.69) is 5.32 Å². The largest absolute Gasteiger partial charge is 0.493 e. The second kappa shape index (κ2) is 10.4. The van der Waals surface area contributed by atoms with E-state index in [4.69, 9.17) is 14.6 Å². The number of nitrogens with one attached hydrogen (secondary N) is 1. The fraction of sp³-hybridized carbons (Fsp3) is 0.481. The van der Waals surface area contributed by atoms with E-state index in [9.17, 15) is 9.59 Å². The highest BCUT2D eigenvalue weighted by molar-refractivity contribution is 5.89. The molecule has 33 heavy (non-hydrogen) atoms. The van der Waals surface area contributed by atoms with Crippen LogP contribution in [-0.4, -0.2) is 36.8 Å². The molecule has 1 amide bonds. The Hall–Kier alpha value is -2.86. The Labute approximate surface area is 195 Å². The van der Waals surface area contributed by atoms with Crippen LogP contribution in [0.2, 0.25) is 0 Å². The Kier molecular flexibility index (Phi) is 7.33. The average Bonchev–Trinajstić information content (AvgIpc) is 3.37. The molecule has 4 rings (SSSR count). The molecule has 6 nitrogen and oxygen atoms in total. The normalized spacial score (nSPS) is 19.1. The number of aromatic carboxylic acids is 1. The van der Waals surface area contributed by atoms with Crippen LogP contribution in [0.1, 0.15) is 73.0 Å². The second-order valence-corrected chi connectivity index (χ2v) is 9.31. The standard InChI is InChI=1S/C27H33NO5/c1-19(21-9-11-22(12-10-21)25(29)30)28-26(31)27(13-15-32-16-14-27)23-7-4-8-24(17-23)33-18-20-5-2-3-6-20/h4,7-12,17,19-20H,2-3,5-6,13-16,18H2,1H3,(H,28,31)(H,29,30). The topological polar surface area (TPSA) is 84.9 Å². The van der Waals surface area contributed by atoms with Crippen molar-refractivity contribution in [2.24, 2.45) is 5.92 Å². The minimum Gasteiger partial charge on any atom is -0.493 e. The maximum atomic E-state index is 13.7. The Morgan fingerprint density at radius 1 is 1.12 bits per heavy atom. The fourth-order valence-corrected chi connectivity index (χ4v) is 4.97. The van der Waals surface area contributed by atoms with Crippen LogP contribution in [0.3, 0.4) is 0 Å². The maximum absolute atomic E-state index is 13.7. The SMILES string of the molecule is CC(NC(=O)C1(c2cccc(OCC3CCCC3)c2)CCOCC1)c1ccc(C(=O)O)cc1. The quantitative estimate of drug-likeness (QED) is 0.598. The third-order valence-electron chi connectivity index (χ3n) is 7.13. The van der Waals surface area contributed by atoms with Crippen molar-refractivity contribution >= 4 is 11.9 Å². The molecule has 1 unspecified atom stereocenters. The second-order valence-electron chi connectivity index (χ2n) is 9.31. The number of carbonyl (C=O) groups excluding carboxylic acids is 1. The molecule has 0 bridgehead atoms. The van der Waals surface area contributed by atoms with Crippen LogP contribution in [0.15, 0.2) is 48.5 Å². The minimum atomic E-state index is -0.963. The van der Waals surface area contributed by atoms with Crippen molar-refractivity contribution in [1.29, 1.82) is 0 Å². The van der Waals surface area contributed by atoms with Gasteiger partial charge in [0.25, 0.3) is 0 Å². The lowest BCUT2D eigenvalue weighted by atomic mass is 9.73. The van der Waals surface area contributed by atoms with Crippen molar-refractivity contribution in [2.75, 3.05) is 19.8 Å². The number of ether oxygens (including phenoxy) is 2. The molecule has 1 aliphatic heterocycles. The van der Waals surface area contributed by atoms with Crippen LogP contribution in [0.25, 0.3) is 0 Å². The molecule has 0 aromatic heterocycles. The third kappa shape index (κ3) is 5.38. The Morgan fingerprint density at radius 3 is 2.48 bits per heavy atom. The van der Waals surface area contributed by atoms with Gasteiger partial charge in [-0.25, -0.2) is 4.79 Å². The van der Waals surface area contributed by atoms with Gasteiger partial charge in [-0.05, 0) is 73.9 Å². The summed E-state index contributed by atoms with van der Waals surface area (Å²) in [6, 6.07) is 14.4. The number of carboxylic acids is 1. The molecule has 2 aromatic rings. The van der Waals surface area contributed by atoms with Crippen molar-refractivity contribution in [2.45, 2.75) is 56.9 Å². The van der Waals surface area contributed by atoms with Gasteiger partial charge in [-0.2, -0.15) is 0 Å². The molecule has 1 atom stereocenters. The van der Waals surface area contributed by atoms with Crippen molar-refractivity contribution < 1.29 is 24.2 Å². The summed E-state index contributed by atoms with van der Waals surface area (Å²) in [4.78, 5) is 24.8. The summed E-state index contributed by atoms with van der Waals surface area (Å²) in [5, 5.41) is 12.3. The molecule has 0 spiro atoms. The van der Waals surface area contributed by atoms with Gasteiger partial charge in [0.1, 0.15) is 5.75 Å². The highest BCUT2D eigenvalue weighted by Crippen LogP contribution is 2.37. The van der Waals surface area contributed by atoms with E-state index in [1.807, 2.05) is 31.2 Å². The smallest absolute Gasteiger partial charge is 0.335 e. The van der Waals surface area contributed by atoms with E-state index in [1.54, 1.807) is 24.3 Å². The van der Waals surface area contributed by atoms with Crippen LogP contribution in [-0.2, 0) is 14.9 Å². The number of rotatable bonds is 8. The molecule has 1 heterocycles. The van der Waals surface area contributed by atoms with Crippen LogP contribution >= 0.6 is 0 Å². The molecular formula is C27H33NO5. The first-order valence-electron chi connectivity index (χ1n) is 11.9. The van der Waals surface area contributed by atoms with Crippen LogP contribution in [0.4, 0.5) is 0 Å². The van der Waals surface area contributed by atoms with Gasteiger partial charge in [0.15, 0.2) is 0 Å². The minimum absolute atomic E-state index is 0.0337. The Balaban J connectivity index is 1.51. The van der Waals surface area contributed by atoms with Crippen molar-refractivity contribution in [3.63, 3.8) is 0 Å². The fourth-order valence-electron chi connectivity index (χ4n) is 4.97. The molecule has 2 fully saturated rings. The lowest BCUT2D eigenvalue weighted by Gasteiger charge is -2.37. The summed E-state index contributed by atoms with van der Waals surface area (Å²) in [6.45, 7) is 3.71. The number of hydrogen-bond acceptors (Lipinski definition) is 4. The first-order valence-corrected chi connectivity index (χ1v) is 11.9. The lowest BCUT2D eigenvalue weighted by Crippen LogP contribution is -2.48. The number of amides is 1. The molecule has 176 valence electrons. The van der Waals surface area contributed by atoms with Gasteiger partial charge >= 0.3 is 5.97 Å². The molecule has 2 N–H and O–H groups in total. The molecule has 6 heteroatoms. The highest BCUT2D eigenvalue weighted by Gasteiger charge is 2.42. The van der Waals surface area contributed by atoms with Gasteiger partial charge in [-0.3, -0.25) is 4.79 Å².